The SMILES string of the molecule is CCC(CO)NCCN(C)C(=O)c1sc2c(c1OC)c(=O)n(CC(=O)c1ccccc1)c1ccccc21. The highest BCUT2D eigenvalue weighted by atomic mass is 32.1. The average molecular weight is 522 g/mol. The van der Waals surface area contributed by atoms with Gasteiger partial charge < -0.3 is 20.1 Å². The topological polar surface area (TPSA) is 101 Å². The molecule has 1 unspecified atom stereocenters. The number of methoxy groups -OCH3 is 1. The first-order valence-electron chi connectivity index (χ1n) is 12.2. The minimum atomic E-state index is -0.372. The van der Waals surface area contributed by atoms with Crippen molar-refractivity contribution in [3.8, 4) is 5.75 Å². The molecule has 37 heavy (non-hydrogen) atoms. The second kappa shape index (κ2) is 11.7. The number of aliphatic hydroxyl groups is 1. The van der Waals surface area contributed by atoms with Crippen LogP contribution >= 0.6 is 11.3 Å². The lowest BCUT2D eigenvalue weighted by Gasteiger charge is -2.19. The molecule has 0 radical (unpaired) electrons. The Bertz CT molecular complexity index is 1470. The van der Waals surface area contributed by atoms with E-state index in [2.05, 4.69) is 5.32 Å². The summed E-state index contributed by atoms with van der Waals surface area (Å²) in [7, 11) is 3.14. The molecule has 8 nitrogen and oxygen atoms in total. The molecule has 0 bridgehead atoms. The number of hydrogen-bond donors (Lipinski definition) is 2. The second-order valence-corrected chi connectivity index (χ2v) is 9.86. The first-order valence-corrected chi connectivity index (χ1v) is 13.0. The molecule has 0 spiro atoms. The highest BCUT2D eigenvalue weighted by Gasteiger charge is 2.27. The van der Waals surface area contributed by atoms with E-state index in [1.807, 2.05) is 37.3 Å². The molecule has 2 heterocycles. The number of pyridine rings is 1. The van der Waals surface area contributed by atoms with Crippen LogP contribution in [-0.4, -0.2) is 66.2 Å². The van der Waals surface area contributed by atoms with Gasteiger partial charge in [-0.2, -0.15) is 0 Å². The second-order valence-electron chi connectivity index (χ2n) is 8.83. The fraction of sp³-hybridized carbons (Fsp3) is 0.321. The van der Waals surface area contributed by atoms with Crippen LogP contribution in [0.4, 0.5) is 0 Å². The maximum atomic E-state index is 13.8. The molecule has 0 aliphatic carbocycles. The molecule has 0 fully saturated rings. The van der Waals surface area contributed by atoms with Crippen molar-refractivity contribution < 1.29 is 19.4 Å². The number of fused-ring (bicyclic) bond motifs is 3. The molecule has 4 rings (SSSR count). The molecule has 1 amide bonds. The summed E-state index contributed by atoms with van der Waals surface area (Å²) in [5.41, 5.74) is 0.774. The summed E-state index contributed by atoms with van der Waals surface area (Å²) in [6.45, 7) is 2.82. The van der Waals surface area contributed by atoms with E-state index in [4.69, 9.17) is 4.74 Å². The normalized spacial score (nSPS) is 12.1. The number of amides is 1. The van der Waals surface area contributed by atoms with E-state index in [-0.39, 0.29) is 42.2 Å². The highest BCUT2D eigenvalue weighted by molar-refractivity contribution is 7.22. The zero-order valence-corrected chi connectivity index (χ0v) is 22.0. The smallest absolute Gasteiger partial charge is 0.267 e. The van der Waals surface area contributed by atoms with Gasteiger partial charge in [-0.25, -0.2) is 0 Å². The van der Waals surface area contributed by atoms with E-state index in [0.29, 0.717) is 39.1 Å². The minimum Gasteiger partial charge on any atom is -0.494 e. The molecule has 9 heteroatoms. The lowest BCUT2D eigenvalue weighted by molar-refractivity contribution is 0.0795. The summed E-state index contributed by atoms with van der Waals surface area (Å²) in [6, 6.07) is 16.2. The number of benzene rings is 2. The molecular weight excluding hydrogens is 490 g/mol. The molecule has 2 N–H and O–H groups in total. The third-order valence-electron chi connectivity index (χ3n) is 6.50. The number of ketones is 1. The molecule has 0 saturated heterocycles. The number of Topliss-reactive ketones (excluding diaryl/α,β-unsaturated/α-hetero) is 1. The zero-order chi connectivity index (χ0) is 26.5. The van der Waals surface area contributed by atoms with Crippen LogP contribution in [0.2, 0.25) is 0 Å². The third-order valence-corrected chi connectivity index (χ3v) is 7.69. The average Bonchev–Trinajstić information content (AvgIpc) is 3.33. The predicted molar refractivity (Wildman–Crippen MR) is 147 cm³/mol. The molecule has 4 aromatic rings. The maximum Gasteiger partial charge on any atom is 0.267 e. The molecule has 0 aliphatic rings. The van der Waals surface area contributed by atoms with Crippen molar-refractivity contribution in [3.05, 3.63) is 75.4 Å². The van der Waals surface area contributed by atoms with E-state index in [1.165, 1.54) is 23.0 Å². The van der Waals surface area contributed by atoms with E-state index in [1.54, 1.807) is 36.2 Å². The minimum absolute atomic E-state index is 0.0224. The summed E-state index contributed by atoms with van der Waals surface area (Å²) in [4.78, 5) is 42.1. The molecule has 194 valence electrons. The Labute approximate surface area is 219 Å². The van der Waals surface area contributed by atoms with Gasteiger partial charge in [-0.3, -0.25) is 19.0 Å². The molecule has 2 aromatic carbocycles. The number of rotatable bonds is 11. The van der Waals surface area contributed by atoms with Crippen molar-refractivity contribution in [1.82, 2.24) is 14.8 Å². The van der Waals surface area contributed by atoms with Gasteiger partial charge in [0, 0.05) is 37.1 Å². The van der Waals surface area contributed by atoms with Gasteiger partial charge in [0.05, 0.1) is 30.5 Å². The van der Waals surface area contributed by atoms with Crippen LogP contribution in [0.5, 0.6) is 5.75 Å². The van der Waals surface area contributed by atoms with Crippen molar-refractivity contribution in [3.63, 3.8) is 0 Å². The van der Waals surface area contributed by atoms with Gasteiger partial charge >= 0.3 is 0 Å². The number of likely N-dealkylation sites (N-methyl/N-ethyl adjacent to an activating group) is 1. The van der Waals surface area contributed by atoms with E-state index in [0.717, 1.165) is 11.8 Å². The monoisotopic (exact) mass is 521 g/mol. The van der Waals surface area contributed by atoms with E-state index < -0.39 is 0 Å². The molecule has 1 atom stereocenters. The van der Waals surface area contributed by atoms with Crippen molar-refractivity contribution in [2.45, 2.75) is 25.9 Å². The van der Waals surface area contributed by atoms with Crippen molar-refractivity contribution in [1.29, 1.82) is 0 Å². The Kier molecular flexibility index (Phi) is 8.38. The van der Waals surface area contributed by atoms with E-state index >= 15 is 0 Å². The summed E-state index contributed by atoms with van der Waals surface area (Å²) < 4.78 is 7.75. The van der Waals surface area contributed by atoms with Crippen LogP contribution in [0.3, 0.4) is 0 Å². The van der Waals surface area contributed by atoms with Gasteiger partial charge in [-0.15, -0.1) is 11.3 Å². The Hall–Kier alpha value is -3.53. The number of carbonyl (C=O) groups is 2. The summed E-state index contributed by atoms with van der Waals surface area (Å²) >= 11 is 1.23. The Morgan fingerprint density at radius 2 is 1.84 bits per heavy atom. The standard InChI is InChI=1S/C28H31N3O5S/c1-4-19(17-32)29-14-15-30(2)28(35)26-24(36-3)23-25(37-26)20-12-8-9-13-21(20)31(27(23)34)16-22(33)18-10-6-5-7-11-18/h5-13,19,29,32H,4,14-17H2,1-3H3. The van der Waals surface area contributed by atoms with Crippen LogP contribution in [0.25, 0.3) is 21.0 Å². The van der Waals surface area contributed by atoms with Gasteiger partial charge in [-0.05, 0) is 12.5 Å². The van der Waals surface area contributed by atoms with Gasteiger partial charge in [0.15, 0.2) is 11.5 Å². The fourth-order valence-electron chi connectivity index (χ4n) is 4.35. The first-order chi connectivity index (χ1) is 17.9. The summed E-state index contributed by atoms with van der Waals surface area (Å²) in [6.07, 6.45) is 0.782. The van der Waals surface area contributed by atoms with Crippen LogP contribution in [0.15, 0.2) is 59.4 Å². The Balaban J connectivity index is 1.76. The molecule has 2 aromatic heterocycles. The maximum absolute atomic E-state index is 13.8. The molecule has 0 saturated carbocycles. The quantitative estimate of drug-likeness (QED) is 0.293. The summed E-state index contributed by atoms with van der Waals surface area (Å²) in [5, 5.41) is 13.7. The van der Waals surface area contributed by atoms with Gasteiger partial charge in [0.25, 0.3) is 11.5 Å². The van der Waals surface area contributed by atoms with Crippen LogP contribution in [0, 0.1) is 0 Å². The van der Waals surface area contributed by atoms with Crippen molar-refractivity contribution >= 4 is 44.0 Å². The number of ether oxygens (including phenoxy) is 1. The van der Waals surface area contributed by atoms with Crippen LogP contribution < -0.4 is 15.6 Å². The van der Waals surface area contributed by atoms with Crippen LogP contribution in [0.1, 0.15) is 33.4 Å². The van der Waals surface area contributed by atoms with Crippen molar-refractivity contribution in [2.24, 2.45) is 0 Å². The summed E-state index contributed by atoms with van der Waals surface area (Å²) in [5.74, 6) is -0.214. The number of para-hydroxylation sites is 1. The van der Waals surface area contributed by atoms with Crippen LogP contribution in [-0.2, 0) is 6.54 Å². The number of hydrogen-bond acceptors (Lipinski definition) is 7. The number of carbonyl (C=O) groups excluding carboxylic acids is 2. The lowest BCUT2D eigenvalue weighted by atomic mass is 10.1. The highest BCUT2D eigenvalue weighted by Crippen LogP contribution is 2.40. The number of nitrogens with zero attached hydrogens (tertiary/aromatic N) is 2. The largest absolute Gasteiger partial charge is 0.494 e. The van der Waals surface area contributed by atoms with Crippen molar-refractivity contribution in [2.75, 3.05) is 33.9 Å². The lowest BCUT2D eigenvalue weighted by Crippen LogP contribution is -2.39. The number of aliphatic hydroxyl groups excluding tert-OH is 1. The predicted octanol–water partition coefficient (Wildman–Crippen LogP) is 3.54. The van der Waals surface area contributed by atoms with Gasteiger partial charge in [0.1, 0.15) is 10.3 Å². The van der Waals surface area contributed by atoms with E-state index in [9.17, 15) is 19.5 Å². The molecule has 0 aliphatic heterocycles. The van der Waals surface area contributed by atoms with Gasteiger partial charge in [0.2, 0.25) is 0 Å². The molecular formula is C28H31N3O5S. The number of thiophene rings is 1. The third kappa shape index (κ3) is 5.29. The van der Waals surface area contributed by atoms with Gasteiger partial charge in [-0.1, -0.05) is 55.5 Å². The fourth-order valence-corrected chi connectivity index (χ4v) is 5.64. The Morgan fingerprint density at radius 1 is 1.14 bits per heavy atom. The first kappa shape index (κ1) is 26.5. The Morgan fingerprint density at radius 3 is 2.51 bits per heavy atom. The number of nitrogens with one attached hydrogen (secondary N) is 1. The zero-order valence-electron chi connectivity index (χ0n) is 21.2. The number of aromatic nitrogens is 1.